The van der Waals surface area contributed by atoms with Crippen LogP contribution in [0.2, 0.25) is 0 Å². The molecule has 0 fully saturated rings. The van der Waals surface area contributed by atoms with E-state index < -0.39 is 5.91 Å². The van der Waals surface area contributed by atoms with Gasteiger partial charge in [-0.2, -0.15) is 0 Å². The smallest absolute Gasteiger partial charge is 0.261 e. The van der Waals surface area contributed by atoms with Gasteiger partial charge in [-0.15, -0.1) is 11.3 Å². The fourth-order valence-corrected chi connectivity index (χ4v) is 2.19. The molecule has 0 spiro atoms. The zero-order valence-electron chi connectivity index (χ0n) is 10.8. The Kier molecular flexibility index (Phi) is 4.31. The van der Waals surface area contributed by atoms with Gasteiger partial charge in [0.2, 0.25) is 0 Å². The van der Waals surface area contributed by atoms with Crippen molar-refractivity contribution in [3.8, 4) is 5.75 Å². The summed E-state index contributed by atoms with van der Waals surface area (Å²) in [4.78, 5) is 27.0. The van der Waals surface area contributed by atoms with Gasteiger partial charge in [0.05, 0.1) is 11.3 Å². The SMILES string of the molecule is Cc1csc(NC(=O)c2ccccc2OCC(N)=O)n1. The molecule has 2 rings (SSSR count). The second kappa shape index (κ2) is 6.16. The monoisotopic (exact) mass is 291 g/mol. The predicted octanol–water partition coefficient (Wildman–Crippen LogP) is 1.57. The van der Waals surface area contributed by atoms with E-state index >= 15 is 0 Å². The van der Waals surface area contributed by atoms with Crippen LogP contribution in [0.25, 0.3) is 0 Å². The van der Waals surface area contributed by atoms with Crippen molar-refractivity contribution in [3.05, 3.63) is 40.9 Å². The Hall–Kier alpha value is -2.41. The predicted molar refractivity (Wildman–Crippen MR) is 75.9 cm³/mol. The van der Waals surface area contributed by atoms with Crippen molar-refractivity contribution < 1.29 is 14.3 Å². The average molecular weight is 291 g/mol. The normalized spacial score (nSPS) is 10.1. The van der Waals surface area contributed by atoms with Gasteiger partial charge in [0, 0.05) is 5.38 Å². The van der Waals surface area contributed by atoms with E-state index in [2.05, 4.69) is 10.3 Å². The standard InChI is InChI=1S/C13H13N3O3S/c1-8-7-20-13(15-8)16-12(18)9-4-2-3-5-10(9)19-6-11(14)17/h2-5,7H,6H2,1H3,(H2,14,17)(H,15,16,18). The van der Waals surface area contributed by atoms with Gasteiger partial charge in [0.1, 0.15) is 5.75 Å². The van der Waals surface area contributed by atoms with Crippen molar-refractivity contribution in [2.45, 2.75) is 6.92 Å². The highest BCUT2D eigenvalue weighted by atomic mass is 32.1. The first-order valence-corrected chi connectivity index (χ1v) is 6.68. The fourth-order valence-electron chi connectivity index (χ4n) is 1.50. The maximum atomic E-state index is 12.1. The molecule has 7 heteroatoms. The molecule has 1 aromatic carbocycles. The lowest BCUT2D eigenvalue weighted by atomic mass is 10.2. The minimum Gasteiger partial charge on any atom is -0.483 e. The Labute approximate surface area is 119 Å². The molecular formula is C13H13N3O3S. The molecule has 6 nitrogen and oxygen atoms in total. The van der Waals surface area contributed by atoms with E-state index in [9.17, 15) is 9.59 Å². The molecule has 0 aliphatic carbocycles. The van der Waals surface area contributed by atoms with Gasteiger partial charge in [-0.25, -0.2) is 4.98 Å². The van der Waals surface area contributed by atoms with Crippen LogP contribution in [-0.2, 0) is 4.79 Å². The topological polar surface area (TPSA) is 94.3 Å². The number of aromatic nitrogens is 1. The molecule has 2 aromatic rings. The highest BCUT2D eigenvalue weighted by Crippen LogP contribution is 2.21. The van der Waals surface area contributed by atoms with Gasteiger partial charge in [-0.1, -0.05) is 12.1 Å². The molecule has 0 saturated carbocycles. The van der Waals surface area contributed by atoms with Crippen molar-refractivity contribution in [2.75, 3.05) is 11.9 Å². The molecule has 1 heterocycles. The number of amides is 2. The molecule has 0 unspecified atom stereocenters. The molecule has 0 atom stereocenters. The minimum atomic E-state index is -0.601. The molecule has 0 bridgehead atoms. The summed E-state index contributed by atoms with van der Waals surface area (Å²) >= 11 is 1.34. The number of thiazole rings is 1. The number of ether oxygens (including phenoxy) is 1. The maximum absolute atomic E-state index is 12.1. The number of para-hydroxylation sites is 1. The number of nitrogens with two attached hydrogens (primary N) is 1. The van der Waals surface area contributed by atoms with E-state index in [1.165, 1.54) is 11.3 Å². The first-order valence-electron chi connectivity index (χ1n) is 5.80. The van der Waals surface area contributed by atoms with E-state index in [1.54, 1.807) is 24.3 Å². The first-order chi connectivity index (χ1) is 9.56. The third kappa shape index (κ3) is 3.55. The van der Waals surface area contributed by atoms with Gasteiger partial charge >= 0.3 is 0 Å². The Balaban J connectivity index is 2.14. The molecule has 1 aromatic heterocycles. The molecule has 0 aliphatic rings. The highest BCUT2D eigenvalue weighted by Gasteiger charge is 2.14. The number of hydrogen-bond donors (Lipinski definition) is 2. The number of carbonyl (C=O) groups is 2. The number of carbonyl (C=O) groups excluding carboxylic acids is 2. The number of anilines is 1. The molecule has 2 amide bonds. The second-order valence-corrected chi connectivity index (χ2v) is 4.86. The van der Waals surface area contributed by atoms with Crippen molar-refractivity contribution in [1.82, 2.24) is 4.98 Å². The summed E-state index contributed by atoms with van der Waals surface area (Å²) in [6, 6.07) is 6.62. The van der Waals surface area contributed by atoms with Crippen LogP contribution in [0.15, 0.2) is 29.6 Å². The van der Waals surface area contributed by atoms with Crippen LogP contribution in [0.3, 0.4) is 0 Å². The summed E-state index contributed by atoms with van der Waals surface area (Å²) in [6.07, 6.45) is 0. The number of aryl methyl sites for hydroxylation is 1. The lowest BCUT2D eigenvalue weighted by Gasteiger charge is -2.09. The number of nitrogens with one attached hydrogen (secondary N) is 1. The van der Waals surface area contributed by atoms with E-state index in [4.69, 9.17) is 10.5 Å². The molecule has 0 radical (unpaired) electrons. The largest absolute Gasteiger partial charge is 0.483 e. The Bertz CT molecular complexity index is 639. The molecule has 0 aliphatic heterocycles. The molecule has 0 saturated heterocycles. The van der Waals surface area contributed by atoms with Crippen LogP contribution in [-0.4, -0.2) is 23.4 Å². The Morgan fingerprint density at radius 1 is 1.40 bits per heavy atom. The van der Waals surface area contributed by atoms with Crippen LogP contribution in [0.4, 0.5) is 5.13 Å². The lowest BCUT2D eigenvalue weighted by Crippen LogP contribution is -2.21. The Morgan fingerprint density at radius 2 is 2.15 bits per heavy atom. The average Bonchev–Trinajstić information content (AvgIpc) is 2.82. The van der Waals surface area contributed by atoms with Gasteiger partial charge in [0.25, 0.3) is 11.8 Å². The molecule has 104 valence electrons. The summed E-state index contributed by atoms with van der Waals surface area (Å²) in [6.45, 7) is 1.57. The van der Waals surface area contributed by atoms with E-state index in [1.807, 2.05) is 12.3 Å². The molecule has 3 N–H and O–H groups in total. The van der Waals surface area contributed by atoms with Crippen molar-refractivity contribution in [3.63, 3.8) is 0 Å². The zero-order valence-corrected chi connectivity index (χ0v) is 11.6. The van der Waals surface area contributed by atoms with Crippen LogP contribution < -0.4 is 15.8 Å². The maximum Gasteiger partial charge on any atom is 0.261 e. The number of hydrogen-bond acceptors (Lipinski definition) is 5. The third-order valence-corrected chi connectivity index (χ3v) is 3.22. The van der Waals surface area contributed by atoms with Gasteiger partial charge in [0.15, 0.2) is 11.7 Å². The number of nitrogens with zero attached hydrogens (tertiary/aromatic N) is 1. The summed E-state index contributed by atoms with van der Waals surface area (Å²) in [5.41, 5.74) is 6.18. The first kappa shape index (κ1) is 14.0. The van der Waals surface area contributed by atoms with Crippen LogP contribution in [0, 0.1) is 6.92 Å². The lowest BCUT2D eigenvalue weighted by molar-refractivity contribution is -0.119. The van der Waals surface area contributed by atoms with Crippen molar-refractivity contribution in [2.24, 2.45) is 5.73 Å². The van der Waals surface area contributed by atoms with Gasteiger partial charge in [-0.3, -0.25) is 14.9 Å². The fraction of sp³-hybridized carbons (Fsp3) is 0.154. The van der Waals surface area contributed by atoms with E-state index in [-0.39, 0.29) is 12.5 Å². The zero-order chi connectivity index (χ0) is 14.5. The van der Waals surface area contributed by atoms with E-state index in [0.29, 0.717) is 16.4 Å². The number of rotatable bonds is 5. The number of primary amides is 1. The summed E-state index contributed by atoms with van der Waals surface area (Å²) < 4.78 is 5.21. The Morgan fingerprint density at radius 3 is 2.80 bits per heavy atom. The number of benzene rings is 1. The van der Waals surface area contributed by atoms with Crippen molar-refractivity contribution >= 4 is 28.3 Å². The second-order valence-electron chi connectivity index (χ2n) is 4.00. The van der Waals surface area contributed by atoms with Gasteiger partial charge in [-0.05, 0) is 19.1 Å². The molecular weight excluding hydrogens is 278 g/mol. The van der Waals surface area contributed by atoms with Crippen LogP contribution in [0.1, 0.15) is 16.1 Å². The summed E-state index contributed by atoms with van der Waals surface area (Å²) in [5.74, 6) is -0.646. The van der Waals surface area contributed by atoms with Crippen LogP contribution in [0.5, 0.6) is 5.75 Å². The van der Waals surface area contributed by atoms with Crippen LogP contribution >= 0.6 is 11.3 Å². The van der Waals surface area contributed by atoms with Gasteiger partial charge < -0.3 is 10.5 Å². The van der Waals surface area contributed by atoms with Crippen molar-refractivity contribution in [1.29, 1.82) is 0 Å². The molecule has 20 heavy (non-hydrogen) atoms. The highest BCUT2D eigenvalue weighted by molar-refractivity contribution is 7.13. The quantitative estimate of drug-likeness (QED) is 0.874. The summed E-state index contributed by atoms with van der Waals surface area (Å²) in [5, 5.41) is 5.03. The summed E-state index contributed by atoms with van der Waals surface area (Å²) in [7, 11) is 0. The third-order valence-electron chi connectivity index (χ3n) is 2.34. The van der Waals surface area contributed by atoms with E-state index in [0.717, 1.165) is 5.69 Å². The minimum absolute atomic E-state index is 0.277.